The Hall–Kier alpha value is -1.38. The predicted molar refractivity (Wildman–Crippen MR) is 97.3 cm³/mol. The molecule has 0 aromatic heterocycles. The molecular weight excluding hydrogens is 346 g/mol. The largest absolute Gasteiger partial charge is 0.355 e. The van der Waals surface area contributed by atoms with E-state index >= 15 is 0 Å². The van der Waals surface area contributed by atoms with Crippen molar-refractivity contribution in [2.24, 2.45) is 11.7 Å². The van der Waals surface area contributed by atoms with Gasteiger partial charge >= 0.3 is 0 Å². The summed E-state index contributed by atoms with van der Waals surface area (Å²) < 4.78 is 0. The number of piperazine rings is 1. The van der Waals surface area contributed by atoms with Crippen molar-refractivity contribution in [2.75, 3.05) is 58.9 Å². The number of rotatable bonds is 5. The van der Waals surface area contributed by atoms with Crippen molar-refractivity contribution in [1.29, 1.82) is 0 Å². The van der Waals surface area contributed by atoms with Crippen LogP contribution in [0.1, 0.15) is 19.8 Å². The van der Waals surface area contributed by atoms with Gasteiger partial charge in [0.25, 0.3) is 0 Å². The molecule has 2 rings (SSSR count). The van der Waals surface area contributed by atoms with Crippen molar-refractivity contribution in [3.8, 4) is 0 Å². The minimum atomic E-state index is -0.0624. The van der Waals surface area contributed by atoms with E-state index in [9.17, 15) is 14.4 Å². The van der Waals surface area contributed by atoms with Crippen LogP contribution in [0.3, 0.4) is 0 Å². The molecule has 0 saturated carbocycles. The topological polar surface area (TPSA) is 99.0 Å². The Bertz CT molecular complexity index is 469. The molecule has 2 aliphatic heterocycles. The fraction of sp³-hybridized carbons (Fsp3) is 0.812. The quantitative estimate of drug-likeness (QED) is 0.634. The molecule has 9 heteroatoms. The minimum absolute atomic E-state index is 0. The summed E-state index contributed by atoms with van der Waals surface area (Å²) in [7, 11) is 0. The Balaban J connectivity index is 0.00000312. The molecule has 25 heavy (non-hydrogen) atoms. The van der Waals surface area contributed by atoms with Gasteiger partial charge in [-0.2, -0.15) is 0 Å². The summed E-state index contributed by atoms with van der Waals surface area (Å²) in [5.41, 5.74) is 5.41. The van der Waals surface area contributed by atoms with Crippen LogP contribution < -0.4 is 11.1 Å². The highest BCUT2D eigenvalue weighted by atomic mass is 35.5. The Kier molecular flexibility index (Phi) is 9.16. The zero-order valence-corrected chi connectivity index (χ0v) is 15.7. The lowest BCUT2D eigenvalue weighted by atomic mass is 9.97. The first-order valence-corrected chi connectivity index (χ1v) is 8.74. The molecule has 0 bridgehead atoms. The number of carbonyl (C=O) groups excluding carboxylic acids is 3. The van der Waals surface area contributed by atoms with E-state index in [1.165, 1.54) is 0 Å². The van der Waals surface area contributed by atoms with Crippen molar-refractivity contribution in [2.45, 2.75) is 19.8 Å². The third kappa shape index (κ3) is 6.45. The van der Waals surface area contributed by atoms with E-state index in [4.69, 9.17) is 5.73 Å². The summed E-state index contributed by atoms with van der Waals surface area (Å²) in [6, 6.07) is 0. The molecule has 144 valence electrons. The summed E-state index contributed by atoms with van der Waals surface area (Å²) in [6.45, 7) is 6.69. The van der Waals surface area contributed by atoms with E-state index in [0.717, 1.165) is 19.4 Å². The van der Waals surface area contributed by atoms with Crippen LogP contribution in [0.5, 0.6) is 0 Å². The summed E-state index contributed by atoms with van der Waals surface area (Å²) >= 11 is 0. The lowest BCUT2D eigenvalue weighted by Crippen LogP contribution is -2.53. The molecular formula is C16H30ClN5O3. The smallest absolute Gasteiger partial charge is 0.236 e. The number of nitrogens with one attached hydrogen (secondary N) is 1. The van der Waals surface area contributed by atoms with Gasteiger partial charge in [0.15, 0.2) is 0 Å². The molecule has 0 aromatic carbocycles. The molecule has 1 unspecified atom stereocenters. The van der Waals surface area contributed by atoms with Crippen LogP contribution >= 0.6 is 12.4 Å². The predicted octanol–water partition coefficient (Wildman–Crippen LogP) is -1.11. The lowest BCUT2D eigenvalue weighted by Gasteiger charge is -2.37. The molecule has 8 nitrogen and oxygen atoms in total. The van der Waals surface area contributed by atoms with E-state index in [1.807, 2.05) is 4.90 Å². The van der Waals surface area contributed by atoms with E-state index in [2.05, 4.69) is 10.2 Å². The normalized spacial score (nSPS) is 21.4. The minimum Gasteiger partial charge on any atom is -0.355 e. The molecule has 0 aromatic rings. The lowest BCUT2D eigenvalue weighted by molar-refractivity contribution is -0.139. The molecule has 0 spiro atoms. The number of hydrogen-bond donors (Lipinski definition) is 2. The fourth-order valence-electron chi connectivity index (χ4n) is 3.31. The maximum absolute atomic E-state index is 12.5. The van der Waals surface area contributed by atoms with Crippen LogP contribution in [-0.2, 0) is 14.4 Å². The SMILES string of the molecule is CC(=O)N1CCN(C(=O)CN2CCCC(C(=O)NCCN)C2)CC1.Cl. The number of carbonyl (C=O) groups is 3. The number of likely N-dealkylation sites (tertiary alicyclic amines) is 1. The van der Waals surface area contributed by atoms with Gasteiger partial charge in [0.2, 0.25) is 17.7 Å². The van der Waals surface area contributed by atoms with E-state index in [0.29, 0.717) is 52.4 Å². The van der Waals surface area contributed by atoms with Crippen LogP contribution in [-0.4, -0.2) is 91.3 Å². The van der Waals surface area contributed by atoms with E-state index in [1.54, 1.807) is 11.8 Å². The second kappa shape index (κ2) is 10.6. The molecule has 1 atom stereocenters. The maximum Gasteiger partial charge on any atom is 0.236 e. The first-order valence-electron chi connectivity index (χ1n) is 8.74. The fourth-order valence-corrected chi connectivity index (χ4v) is 3.31. The van der Waals surface area contributed by atoms with Crippen molar-refractivity contribution in [3.63, 3.8) is 0 Å². The van der Waals surface area contributed by atoms with Gasteiger partial charge in [0.05, 0.1) is 12.5 Å². The first kappa shape index (κ1) is 21.7. The standard InChI is InChI=1S/C16H29N5O3.ClH/c1-13(22)20-7-9-21(10-8-20)15(23)12-19-6-2-3-14(11-19)16(24)18-5-4-17;/h14H,2-12,17H2,1H3,(H,18,24);1H. The van der Waals surface area contributed by atoms with E-state index < -0.39 is 0 Å². The number of nitrogens with two attached hydrogens (primary N) is 1. The van der Waals surface area contributed by atoms with Crippen molar-refractivity contribution < 1.29 is 14.4 Å². The highest BCUT2D eigenvalue weighted by Crippen LogP contribution is 2.17. The summed E-state index contributed by atoms with van der Waals surface area (Å²) in [5.74, 6) is 0.117. The third-order valence-corrected chi connectivity index (χ3v) is 4.76. The second-order valence-corrected chi connectivity index (χ2v) is 6.54. The number of amides is 3. The highest BCUT2D eigenvalue weighted by Gasteiger charge is 2.29. The molecule has 0 aliphatic carbocycles. The molecule has 2 aliphatic rings. The molecule has 2 fully saturated rings. The number of hydrogen-bond acceptors (Lipinski definition) is 5. The Morgan fingerprint density at radius 1 is 1.08 bits per heavy atom. The van der Waals surface area contributed by atoms with Crippen LogP contribution in [0.2, 0.25) is 0 Å². The van der Waals surface area contributed by atoms with Crippen LogP contribution in [0.4, 0.5) is 0 Å². The molecule has 3 N–H and O–H groups in total. The van der Waals surface area contributed by atoms with Crippen molar-refractivity contribution >= 4 is 30.1 Å². The molecule has 2 heterocycles. The van der Waals surface area contributed by atoms with Crippen LogP contribution in [0, 0.1) is 5.92 Å². The highest BCUT2D eigenvalue weighted by molar-refractivity contribution is 5.85. The average molecular weight is 376 g/mol. The van der Waals surface area contributed by atoms with Crippen molar-refractivity contribution in [3.05, 3.63) is 0 Å². The second-order valence-electron chi connectivity index (χ2n) is 6.54. The Labute approximate surface area is 155 Å². The zero-order chi connectivity index (χ0) is 17.5. The summed E-state index contributed by atoms with van der Waals surface area (Å²) in [4.78, 5) is 41.5. The van der Waals surface area contributed by atoms with Gasteiger partial charge in [-0.1, -0.05) is 0 Å². The monoisotopic (exact) mass is 375 g/mol. The van der Waals surface area contributed by atoms with Gasteiger partial charge in [-0.25, -0.2) is 0 Å². The number of halogens is 1. The number of nitrogens with zero attached hydrogens (tertiary/aromatic N) is 3. The van der Waals surface area contributed by atoms with Gasteiger partial charge in [-0.3, -0.25) is 19.3 Å². The van der Waals surface area contributed by atoms with Crippen molar-refractivity contribution in [1.82, 2.24) is 20.0 Å². The van der Waals surface area contributed by atoms with Gasteiger partial charge in [-0.05, 0) is 19.4 Å². The number of piperidine rings is 1. The Morgan fingerprint density at radius 2 is 1.72 bits per heavy atom. The molecule has 0 radical (unpaired) electrons. The third-order valence-electron chi connectivity index (χ3n) is 4.76. The first-order chi connectivity index (χ1) is 11.5. The van der Waals surface area contributed by atoms with Crippen LogP contribution in [0.25, 0.3) is 0 Å². The molecule has 2 saturated heterocycles. The van der Waals surface area contributed by atoms with Gasteiger partial charge in [-0.15, -0.1) is 12.4 Å². The van der Waals surface area contributed by atoms with Gasteiger partial charge in [0, 0.05) is 52.7 Å². The van der Waals surface area contributed by atoms with Crippen LogP contribution in [0.15, 0.2) is 0 Å². The molecule has 3 amide bonds. The Morgan fingerprint density at radius 3 is 2.32 bits per heavy atom. The zero-order valence-electron chi connectivity index (χ0n) is 14.9. The maximum atomic E-state index is 12.5. The summed E-state index contributed by atoms with van der Waals surface area (Å²) in [5, 5.41) is 2.83. The average Bonchev–Trinajstić information content (AvgIpc) is 2.60. The van der Waals surface area contributed by atoms with Gasteiger partial charge < -0.3 is 20.9 Å². The van der Waals surface area contributed by atoms with E-state index in [-0.39, 0.29) is 36.0 Å². The van der Waals surface area contributed by atoms with Gasteiger partial charge in [0.1, 0.15) is 0 Å². The summed E-state index contributed by atoms with van der Waals surface area (Å²) in [6.07, 6.45) is 1.78.